The van der Waals surface area contributed by atoms with Gasteiger partial charge in [-0.05, 0) is 48.4 Å². The lowest BCUT2D eigenvalue weighted by molar-refractivity contribution is 0.629. The first kappa shape index (κ1) is 18.5. The number of anilines is 1. The van der Waals surface area contributed by atoms with Crippen molar-refractivity contribution in [3.8, 4) is 28.5 Å². The zero-order valence-corrected chi connectivity index (χ0v) is 15.7. The molecule has 1 aromatic heterocycles. The Labute approximate surface area is 164 Å². The highest BCUT2D eigenvalue weighted by Gasteiger charge is 2.20. The van der Waals surface area contributed by atoms with Gasteiger partial charge in [-0.1, -0.05) is 40.9 Å². The molecule has 0 fully saturated rings. The van der Waals surface area contributed by atoms with Gasteiger partial charge in [0.15, 0.2) is 0 Å². The van der Waals surface area contributed by atoms with Gasteiger partial charge in [-0.25, -0.2) is 9.37 Å². The summed E-state index contributed by atoms with van der Waals surface area (Å²) in [4.78, 5) is 4.34. The first-order chi connectivity index (χ1) is 12.3. The van der Waals surface area contributed by atoms with Gasteiger partial charge in [0, 0.05) is 16.1 Å². The van der Waals surface area contributed by atoms with Crippen molar-refractivity contribution in [3.05, 3.63) is 68.4 Å². The minimum atomic E-state index is -0.589. The molecule has 0 unspecified atom stereocenters. The molecule has 130 valence electrons. The van der Waals surface area contributed by atoms with Gasteiger partial charge < -0.3 is 5.73 Å². The highest BCUT2D eigenvalue weighted by Crippen LogP contribution is 2.39. The second-order valence-electron chi connectivity index (χ2n) is 5.59. The molecule has 0 aliphatic heterocycles. The number of nitriles is 1. The van der Waals surface area contributed by atoms with Crippen molar-refractivity contribution in [1.29, 1.82) is 5.26 Å². The van der Waals surface area contributed by atoms with Crippen LogP contribution in [0.1, 0.15) is 11.1 Å². The number of halogens is 4. The van der Waals surface area contributed by atoms with E-state index < -0.39 is 5.82 Å². The Bertz CT molecular complexity index is 1070. The quantitative estimate of drug-likeness (QED) is 0.545. The Morgan fingerprint density at radius 1 is 1.08 bits per heavy atom. The average Bonchev–Trinajstić information content (AvgIpc) is 2.59. The molecule has 2 N–H and O–H groups in total. The van der Waals surface area contributed by atoms with Gasteiger partial charge in [0.2, 0.25) is 0 Å². The second kappa shape index (κ2) is 7.13. The third-order valence-electron chi connectivity index (χ3n) is 3.97. The molecule has 3 nitrogen and oxygen atoms in total. The SMILES string of the molecule is Cc1c(-c2ccc(Cl)cc2Cl)nc(N)c(C#N)c1-c1ccc(Cl)c(F)c1. The molecule has 0 saturated heterocycles. The Balaban J connectivity index is 2.35. The lowest BCUT2D eigenvalue weighted by Gasteiger charge is -2.16. The van der Waals surface area contributed by atoms with Crippen LogP contribution in [-0.2, 0) is 0 Å². The summed E-state index contributed by atoms with van der Waals surface area (Å²) in [5.74, 6) is -0.557. The van der Waals surface area contributed by atoms with Crippen LogP contribution in [0.2, 0.25) is 15.1 Å². The van der Waals surface area contributed by atoms with Crippen molar-refractivity contribution in [2.75, 3.05) is 5.73 Å². The molecule has 0 radical (unpaired) electrons. The van der Waals surface area contributed by atoms with E-state index in [2.05, 4.69) is 4.98 Å². The summed E-state index contributed by atoms with van der Waals surface area (Å²) in [5, 5.41) is 10.4. The van der Waals surface area contributed by atoms with Gasteiger partial charge in [0.05, 0.1) is 15.7 Å². The molecule has 2 aromatic carbocycles. The number of hydrogen-bond donors (Lipinski definition) is 1. The maximum Gasteiger partial charge on any atom is 0.142 e. The molecule has 0 aliphatic rings. The van der Waals surface area contributed by atoms with Crippen LogP contribution in [0.25, 0.3) is 22.4 Å². The van der Waals surface area contributed by atoms with Crippen LogP contribution in [0.5, 0.6) is 0 Å². The van der Waals surface area contributed by atoms with Crippen molar-refractivity contribution >= 4 is 40.6 Å². The number of aromatic nitrogens is 1. The maximum atomic E-state index is 14.0. The lowest BCUT2D eigenvalue weighted by atomic mass is 9.93. The highest BCUT2D eigenvalue weighted by molar-refractivity contribution is 6.36. The van der Waals surface area contributed by atoms with Crippen LogP contribution in [-0.4, -0.2) is 4.98 Å². The maximum absolute atomic E-state index is 14.0. The van der Waals surface area contributed by atoms with Crippen molar-refractivity contribution in [2.24, 2.45) is 0 Å². The minimum absolute atomic E-state index is 0.00657. The number of nitrogens with two attached hydrogens (primary N) is 1. The van der Waals surface area contributed by atoms with E-state index in [0.29, 0.717) is 38.0 Å². The monoisotopic (exact) mass is 405 g/mol. The smallest absolute Gasteiger partial charge is 0.142 e. The zero-order chi connectivity index (χ0) is 19.0. The van der Waals surface area contributed by atoms with Crippen LogP contribution in [0.3, 0.4) is 0 Å². The predicted octanol–water partition coefficient (Wildman–Crippen LogP) is 6.28. The van der Waals surface area contributed by atoms with Crippen LogP contribution in [0, 0.1) is 24.1 Å². The molecule has 3 aromatic rings. The van der Waals surface area contributed by atoms with Gasteiger partial charge in [-0.3, -0.25) is 0 Å². The third-order valence-corrected chi connectivity index (χ3v) is 4.83. The van der Waals surface area contributed by atoms with Gasteiger partial charge >= 0.3 is 0 Å². The Hall–Kier alpha value is -2.32. The van der Waals surface area contributed by atoms with Crippen molar-refractivity contribution in [1.82, 2.24) is 4.98 Å². The van der Waals surface area contributed by atoms with Crippen LogP contribution in [0.4, 0.5) is 10.2 Å². The van der Waals surface area contributed by atoms with Gasteiger partial charge in [0.25, 0.3) is 0 Å². The molecule has 0 bridgehead atoms. The molecule has 0 spiro atoms. The molecule has 0 saturated carbocycles. The number of pyridine rings is 1. The molecule has 0 atom stereocenters. The lowest BCUT2D eigenvalue weighted by Crippen LogP contribution is -2.03. The summed E-state index contributed by atoms with van der Waals surface area (Å²) in [6, 6.07) is 11.4. The first-order valence-electron chi connectivity index (χ1n) is 7.44. The largest absolute Gasteiger partial charge is 0.383 e. The summed E-state index contributed by atoms with van der Waals surface area (Å²) in [5.41, 5.74) is 8.87. The minimum Gasteiger partial charge on any atom is -0.383 e. The van der Waals surface area contributed by atoms with Crippen molar-refractivity contribution < 1.29 is 4.39 Å². The van der Waals surface area contributed by atoms with E-state index in [1.807, 2.05) is 6.07 Å². The summed E-state index contributed by atoms with van der Waals surface area (Å²) >= 11 is 18.0. The second-order valence-corrected chi connectivity index (χ2v) is 6.84. The van der Waals surface area contributed by atoms with E-state index in [0.717, 1.165) is 0 Å². The first-order valence-corrected chi connectivity index (χ1v) is 8.58. The summed E-state index contributed by atoms with van der Waals surface area (Å²) in [6.07, 6.45) is 0. The number of hydrogen-bond acceptors (Lipinski definition) is 3. The van der Waals surface area contributed by atoms with E-state index in [-0.39, 0.29) is 16.4 Å². The van der Waals surface area contributed by atoms with E-state index in [1.165, 1.54) is 12.1 Å². The Morgan fingerprint density at radius 2 is 1.81 bits per heavy atom. The highest BCUT2D eigenvalue weighted by atomic mass is 35.5. The molecule has 3 rings (SSSR count). The fourth-order valence-corrected chi connectivity index (χ4v) is 3.38. The molecule has 1 heterocycles. The zero-order valence-electron chi connectivity index (χ0n) is 13.4. The molecular formula is C19H11Cl3FN3. The Kier molecular flexibility index (Phi) is 5.06. The van der Waals surface area contributed by atoms with Crippen molar-refractivity contribution in [2.45, 2.75) is 6.92 Å². The van der Waals surface area contributed by atoms with E-state index in [9.17, 15) is 9.65 Å². The fourth-order valence-electron chi connectivity index (χ4n) is 2.76. The molecule has 0 aliphatic carbocycles. The standard InChI is InChI=1S/C19H11Cl3FN3/c1-9-17(10-2-5-14(21)16(23)6-10)13(8-24)19(25)26-18(9)12-4-3-11(20)7-15(12)22/h2-7H,1H3,(H2,25,26). The molecule has 26 heavy (non-hydrogen) atoms. The summed E-state index contributed by atoms with van der Waals surface area (Å²) in [6.45, 7) is 1.77. The van der Waals surface area contributed by atoms with Gasteiger partial charge in [-0.2, -0.15) is 5.26 Å². The van der Waals surface area contributed by atoms with Crippen LogP contribution < -0.4 is 5.73 Å². The van der Waals surface area contributed by atoms with Crippen LogP contribution in [0.15, 0.2) is 36.4 Å². The summed E-state index contributed by atoms with van der Waals surface area (Å²) < 4.78 is 14.0. The topological polar surface area (TPSA) is 62.7 Å². The van der Waals surface area contributed by atoms with E-state index >= 15 is 0 Å². The van der Waals surface area contributed by atoms with Crippen LogP contribution >= 0.6 is 34.8 Å². The van der Waals surface area contributed by atoms with Gasteiger partial charge in [-0.15, -0.1) is 0 Å². The number of rotatable bonds is 2. The molecule has 7 heteroatoms. The number of benzene rings is 2. The summed E-state index contributed by atoms with van der Waals surface area (Å²) in [7, 11) is 0. The Morgan fingerprint density at radius 3 is 2.42 bits per heavy atom. The van der Waals surface area contributed by atoms with Crippen molar-refractivity contribution in [3.63, 3.8) is 0 Å². The fraction of sp³-hybridized carbons (Fsp3) is 0.0526. The third kappa shape index (κ3) is 3.22. The van der Waals surface area contributed by atoms with E-state index in [1.54, 1.807) is 31.2 Å². The molecule has 0 amide bonds. The predicted molar refractivity (Wildman–Crippen MR) is 104 cm³/mol. The number of nitrogens with zero attached hydrogens (tertiary/aromatic N) is 2. The van der Waals surface area contributed by atoms with E-state index in [4.69, 9.17) is 40.5 Å². The normalized spacial score (nSPS) is 10.6. The number of nitrogen functional groups attached to an aromatic ring is 1. The average molecular weight is 407 g/mol. The molecular weight excluding hydrogens is 396 g/mol. The van der Waals surface area contributed by atoms with Gasteiger partial charge in [0.1, 0.15) is 23.3 Å².